The molecule has 6 heteroatoms. The first kappa shape index (κ1) is 24.6. The Morgan fingerprint density at radius 1 is 1.06 bits per heavy atom. The van der Waals surface area contributed by atoms with Gasteiger partial charge in [0.1, 0.15) is 5.75 Å². The van der Waals surface area contributed by atoms with Gasteiger partial charge in [-0.3, -0.25) is 9.69 Å². The van der Waals surface area contributed by atoms with E-state index in [9.17, 15) is 4.79 Å². The Morgan fingerprint density at radius 2 is 1.85 bits per heavy atom. The fourth-order valence-corrected chi connectivity index (χ4v) is 5.24. The average Bonchev–Trinajstić information content (AvgIpc) is 3.35. The van der Waals surface area contributed by atoms with Crippen molar-refractivity contribution >= 4 is 5.91 Å². The predicted molar refractivity (Wildman–Crippen MR) is 136 cm³/mol. The third-order valence-corrected chi connectivity index (χ3v) is 7.29. The molecule has 1 aromatic carbocycles. The number of aromatic nitrogens is 2. The van der Waals surface area contributed by atoms with Gasteiger partial charge in [-0.15, -0.1) is 5.10 Å². The van der Waals surface area contributed by atoms with E-state index in [0.717, 1.165) is 74.2 Å². The van der Waals surface area contributed by atoms with Gasteiger partial charge in [-0.1, -0.05) is 38.8 Å². The molecule has 1 aliphatic carbocycles. The van der Waals surface area contributed by atoms with Crippen molar-refractivity contribution in [1.82, 2.24) is 20.4 Å². The number of unbranched alkanes of at least 4 members (excludes halogenated alkanes) is 1. The van der Waals surface area contributed by atoms with Crippen LogP contribution in [0, 0.1) is 0 Å². The first-order chi connectivity index (χ1) is 16.7. The van der Waals surface area contributed by atoms with Gasteiger partial charge in [-0.05, 0) is 88.2 Å². The van der Waals surface area contributed by atoms with E-state index in [1.165, 1.54) is 25.7 Å². The zero-order chi connectivity index (χ0) is 23.8. The minimum atomic E-state index is -0.143. The molecule has 2 aromatic rings. The van der Waals surface area contributed by atoms with Crippen molar-refractivity contribution in [2.75, 3.05) is 19.6 Å². The van der Waals surface area contributed by atoms with Crippen LogP contribution < -0.4 is 10.1 Å². The predicted octanol–water partition coefficient (Wildman–Crippen LogP) is 5.41. The van der Waals surface area contributed by atoms with Crippen LogP contribution in [0.15, 0.2) is 30.3 Å². The molecular formula is C28H40N4O2. The van der Waals surface area contributed by atoms with Gasteiger partial charge in [-0.2, -0.15) is 5.10 Å². The number of nitrogens with one attached hydrogen (secondary N) is 1. The lowest BCUT2D eigenvalue weighted by molar-refractivity contribution is 0.0935. The molecule has 0 radical (unpaired) electrons. The van der Waals surface area contributed by atoms with Gasteiger partial charge in [-0.25, -0.2) is 0 Å². The molecule has 2 aliphatic rings. The zero-order valence-electron chi connectivity index (χ0n) is 20.9. The summed E-state index contributed by atoms with van der Waals surface area (Å²) >= 11 is 0. The lowest BCUT2D eigenvalue weighted by atomic mass is 9.97. The van der Waals surface area contributed by atoms with Gasteiger partial charge in [0, 0.05) is 18.2 Å². The van der Waals surface area contributed by atoms with E-state index in [1.54, 1.807) is 0 Å². The third kappa shape index (κ3) is 6.35. The summed E-state index contributed by atoms with van der Waals surface area (Å²) in [6.45, 7) is 7.16. The van der Waals surface area contributed by atoms with Crippen molar-refractivity contribution in [3.8, 4) is 16.9 Å². The SMILES string of the molecule is CCCCc1nnc(C(=O)NC[C@@H]2CCCN2CC)cc1-c1ccc(OC2CCCCC2)cc1. The molecule has 4 rings (SSSR count). The van der Waals surface area contributed by atoms with Crippen LogP contribution in [-0.2, 0) is 6.42 Å². The lowest BCUT2D eigenvalue weighted by Crippen LogP contribution is -2.40. The van der Waals surface area contributed by atoms with E-state index in [0.29, 0.717) is 24.4 Å². The summed E-state index contributed by atoms with van der Waals surface area (Å²) in [5.41, 5.74) is 3.39. The maximum atomic E-state index is 12.9. The number of carbonyl (C=O) groups excluding carboxylic acids is 1. The van der Waals surface area contributed by atoms with Crippen LogP contribution in [0.5, 0.6) is 5.75 Å². The molecule has 6 nitrogen and oxygen atoms in total. The topological polar surface area (TPSA) is 67.4 Å². The first-order valence-corrected chi connectivity index (χ1v) is 13.3. The number of hydrogen-bond acceptors (Lipinski definition) is 5. The van der Waals surface area contributed by atoms with Crippen LogP contribution in [0.3, 0.4) is 0 Å². The summed E-state index contributed by atoms with van der Waals surface area (Å²) in [6, 6.07) is 10.6. The molecular weight excluding hydrogens is 424 g/mol. The Hall–Kier alpha value is -2.47. The lowest BCUT2D eigenvalue weighted by Gasteiger charge is -2.23. The number of aryl methyl sites for hydroxylation is 1. The number of rotatable bonds is 10. The van der Waals surface area contributed by atoms with Gasteiger partial charge in [0.15, 0.2) is 5.69 Å². The van der Waals surface area contributed by atoms with Crippen molar-refractivity contribution in [2.45, 2.75) is 90.2 Å². The Bertz CT molecular complexity index is 925. The van der Waals surface area contributed by atoms with Gasteiger partial charge in [0.2, 0.25) is 0 Å². The van der Waals surface area contributed by atoms with Crippen LogP contribution in [-0.4, -0.2) is 52.8 Å². The monoisotopic (exact) mass is 464 g/mol. The minimum Gasteiger partial charge on any atom is -0.490 e. The fourth-order valence-electron chi connectivity index (χ4n) is 5.24. The number of amides is 1. The molecule has 1 saturated carbocycles. The highest BCUT2D eigenvalue weighted by Crippen LogP contribution is 2.28. The smallest absolute Gasteiger partial charge is 0.271 e. The molecule has 1 amide bonds. The second kappa shape index (κ2) is 12.3. The number of nitrogens with zero attached hydrogens (tertiary/aromatic N) is 3. The minimum absolute atomic E-state index is 0.143. The number of benzene rings is 1. The normalized spacial score (nSPS) is 19.3. The van der Waals surface area contributed by atoms with Crippen molar-refractivity contribution in [3.63, 3.8) is 0 Å². The summed E-state index contributed by atoms with van der Waals surface area (Å²) in [5, 5.41) is 11.9. The number of likely N-dealkylation sites (tertiary alicyclic amines) is 1. The Balaban J connectivity index is 1.48. The van der Waals surface area contributed by atoms with Crippen molar-refractivity contribution in [2.24, 2.45) is 0 Å². The molecule has 1 aromatic heterocycles. The maximum absolute atomic E-state index is 12.9. The van der Waals surface area contributed by atoms with E-state index in [1.807, 2.05) is 18.2 Å². The molecule has 0 spiro atoms. The van der Waals surface area contributed by atoms with Crippen LogP contribution in [0.25, 0.3) is 11.1 Å². The fraction of sp³-hybridized carbons (Fsp3) is 0.607. The van der Waals surface area contributed by atoms with Crippen molar-refractivity contribution in [1.29, 1.82) is 0 Å². The molecule has 1 saturated heterocycles. The standard InChI is InChI=1S/C28H40N4O2/c1-3-5-13-26-25(21-14-16-24(17-15-21)34-23-11-7-6-8-12-23)19-27(31-30-26)28(33)29-20-22-10-9-18-32(22)4-2/h14-17,19,22-23H,3-13,18,20H2,1-2H3,(H,29,33)/t22-/m0/s1. The van der Waals surface area contributed by atoms with Gasteiger partial charge < -0.3 is 10.1 Å². The van der Waals surface area contributed by atoms with Crippen LogP contribution >= 0.6 is 0 Å². The van der Waals surface area contributed by atoms with Gasteiger partial charge in [0.25, 0.3) is 5.91 Å². The Morgan fingerprint density at radius 3 is 2.59 bits per heavy atom. The number of carbonyl (C=O) groups is 1. The first-order valence-electron chi connectivity index (χ1n) is 13.3. The molecule has 1 aliphatic heterocycles. The van der Waals surface area contributed by atoms with Gasteiger partial charge >= 0.3 is 0 Å². The largest absolute Gasteiger partial charge is 0.490 e. The number of ether oxygens (including phenoxy) is 1. The Kier molecular flexibility index (Phi) is 8.91. The molecule has 1 N–H and O–H groups in total. The van der Waals surface area contributed by atoms with Crippen molar-refractivity contribution in [3.05, 3.63) is 41.7 Å². The van der Waals surface area contributed by atoms with Gasteiger partial charge in [0.05, 0.1) is 11.8 Å². The highest BCUT2D eigenvalue weighted by molar-refractivity contribution is 5.93. The zero-order valence-corrected chi connectivity index (χ0v) is 20.9. The highest BCUT2D eigenvalue weighted by atomic mass is 16.5. The van der Waals surface area contributed by atoms with E-state index >= 15 is 0 Å². The average molecular weight is 465 g/mol. The van der Waals surface area contributed by atoms with E-state index in [2.05, 4.69) is 46.4 Å². The third-order valence-electron chi connectivity index (χ3n) is 7.29. The molecule has 34 heavy (non-hydrogen) atoms. The van der Waals surface area contributed by atoms with Crippen LogP contribution in [0.2, 0.25) is 0 Å². The van der Waals surface area contributed by atoms with E-state index < -0.39 is 0 Å². The molecule has 1 atom stereocenters. The summed E-state index contributed by atoms with van der Waals surface area (Å²) in [6.07, 6.45) is 11.8. The molecule has 2 fully saturated rings. The van der Waals surface area contributed by atoms with Crippen molar-refractivity contribution < 1.29 is 9.53 Å². The molecule has 184 valence electrons. The second-order valence-electron chi connectivity index (χ2n) is 9.73. The molecule has 0 bridgehead atoms. The Labute approximate surface area is 204 Å². The summed E-state index contributed by atoms with van der Waals surface area (Å²) in [5.74, 6) is 0.777. The summed E-state index contributed by atoms with van der Waals surface area (Å²) < 4.78 is 6.21. The molecule has 0 unspecified atom stereocenters. The second-order valence-corrected chi connectivity index (χ2v) is 9.73. The van der Waals surface area contributed by atoms with Crippen LogP contribution in [0.4, 0.5) is 0 Å². The quantitative estimate of drug-likeness (QED) is 0.509. The van der Waals surface area contributed by atoms with E-state index in [-0.39, 0.29) is 5.91 Å². The van der Waals surface area contributed by atoms with E-state index in [4.69, 9.17) is 4.74 Å². The number of hydrogen-bond donors (Lipinski definition) is 1. The highest BCUT2D eigenvalue weighted by Gasteiger charge is 2.24. The number of likely N-dealkylation sites (N-methyl/N-ethyl adjacent to an activating group) is 1. The molecule has 2 heterocycles. The summed E-state index contributed by atoms with van der Waals surface area (Å²) in [7, 11) is 0. The summed E-state index contributed by atoms with van der Waals surface area (Å²) in [4.78, 5) is 15.4. The maximum Gasteiger partial charge on any atom is 0.271 e. The van der Waals surface area contributed by atoms with Crippen LogP contribution in [0.1, 0.15) is 87.8 Å².